The van der Waals surface area contributed by atoms with Gasteiger partial charge in [-0.1, -0.05) is 6.07 Å². The topological polar surface area (TPSA) is 52.5 Å². The second-order valence-electron chi connectivity index (χ2n) is 3.73. The van der Waals surface area contributed by atoms with Crippen molar-refractivity contribution in [3.05, 3.63) is 23.8 Å². The van der Waals surface area contributed by atoms with Gasteiger partial charge in [0.15, 0.2) is 0 Å². The molecule has 0 amide bonds. The van der Waals surface area contributed by atoms with Crippen molar-refractivity contribution in [1.29, 1.82) is 0 Å². The van der Waals surface area contributed by atoms with Gasteiger partial charge in [-0.3, -0.25) is 0 Å². The van der Waals surface area contributed by atoms with Crippen LogP contribution in [0.15, 0.2) is 18.2 Å². The summed E-state index contributed by atoms with van der Waals surface area (Å²) < 4.78 is 0. The van der Waals surface area contributed by atoms with Gasteiger partial charge in [0.25, 0.3) is 0 Å². The van der Waals surface area contributed by atoms with Crippen LogP contribution in [0.25, 0.3) is 0 Å². The predicted molar refractivity (Wildman–Crippen MR) is 64.3 cm³/mol. The normalized spacial score (nSPS) is 12.0. The SMILES string of the molecule is C#CCCCNC(C)c1ccc(O)cc1O. The van der Waals surface area contributed by atoms with E-state index in [9.17, 15) is 5.11 Å². The highest BCUT2D eigenvalue weighted by Crippen LogP contribution is 2.27. The van der Waals surface area contributed by atoms with E-state index in [0.717, 1.165) is 24.9 Å². The summed E-state index contributed by atoms with van der Waals surface area (Å²) in [5.74, 6) is 2.76. The third-order valence-corrected chi connectivity index (χ3v) is 2.43. The van der Waals surface area contributed by atoms with Crippen molar-refractivity contribution in [2.75, 3.05) is 6.54 Å². The first-order chi connectivity index (χ1) is 7.65. The van der Waals surface area contributed by atoms with Crippen LogP contribution in [0.5, 0.6) is 11.5 Å². The minimum Gasteiger partial charge on any atom is -0.508 e. The van der Waals surface area contributed by atoms with E-state index in [-0.39, 0.29) is 17.5 Å². The van der Waals surface area contributed by atoms with Crippen LogP contribution in [0.1, 0.15) is 31.4 Å². The highest BCUT2D eigenvalue weighted by Gasteiger charge is 2.09. The Bertz CT molecular complexity index is 382. The average Bonchev–Trinajstić information content (AvgIpc) is 2.24. The van der Waals surface area contributed by atoms with Gasteiger partial charge in [-0.15, -0.1) is 12.3 Å². The molecule has 0 aromatic heterocycles. The molecule has 0 aliphatic carbocycles. The average molecular weight is 219 g/mol. The second kappa shape index (κ2) is 6.04. The smallest absolute Gasteiger partial charge is 0.124 e. The van der Waals surface area contributed by atoms with Gasteiger partial charge in [0.2, 0.25) is 0 Å². The summed E-state index contributed by atoms with van der Waals surface area (Å²) in [4.78, 5) is 0. The highest BCUT2D eigenvalue weighted by molar-refractivity contribution is 5.40. The van der Waals surface area contributed by atoms with Crippen LogP contribution >= 0.6 is 0 Å². The lowest BCUT2D eigenvalue weighted by molar-refractivity contribution is 0.436. The van der Waals surface area contributed by atoms with Gasteiger partial charge in [0.1, 0.15) is 11.5 Å². The fourth-order valence-corrected chi connectivity index (χ4v) is 1.52. The highest BCUT2D eigenvalue weighted by atomic mass is 16.3. The van der Waals surface area contributed by atoms with Crippen LogP contribution in [0.4, 0.5) is 0 Å². The first kappa shape index (κ1) is 12.4. The van der Waals surface area contributed by atoms with E-state index in [1.807, 2.05) is 6.92 Å². The van der Waals surface area contributed by atoms with Gasteiger partial charge in [-0.05, 0) is 26.0 Å². The van der Waals surface area contributed by atoms with Crippen LogP contribution in [0, 0.1) is 12.3 Å². The van der Waals surface area contributed by atoms with Crippen molar-refractivity contribution < 1.29 is 10.2 Å². The molecule has 0 aliphatic heterocycles. The Kier molecular flexibility index (Phi) is 4.68. The van der Waals surface area contributed by atoms with E-state index in [1.54, 1.807) is 12.1 Å². The third-order valence-electron chi connectivity index (χ3n) is 2.43. The number of hydrogen-bond donors (Lipinski definition) is 3. The van der Waals surface area contributed by atoms with Crippen molar-refractivity contribution in [1.82, 2.24) is 5.32 Å². The lowest BCUT2D eigenvalue weighted by Gasteiger charge is -2.15. The van der Waals surface area contributed by atoms with Crippen LogP contribution in [-0.4, -0.2) is 16.8 Å². The molecule has 0 bridgehead atoms. The summed E-state index contributed by atoms with van der Waals surface area (Å²) in [5.41, 5.74) is 0.776. The molecule has 3 N–H and O–H groups in total. The summed E-state index contributed by atoms with van der Waals surface area (Å²) in [6.07, 6.45) is 6.82. The Hall–Kier alpha value is -1.66. The van der Waals surface area contributed by atoms with Crippen molar-refractivity contribution in [3.63, 3.8) is 0 Å². The first-order valence-corrected chi connectivity index (χ1v) is 5.34. The molecule has 0 radical (unpaired) electrons. The maximum atomic E-state index is 9.63. The van der Waals surface area contributed by atoms with Gasteiger partial charge in [0.05, 0.1) is 0 Å². The van der Waals surface area contributed by atoms with E-state index in [0.29, 0.717) is 0 Å². The third kappa shape index (κ3) is 3.48. The molecular weight excluding hydrogens is 202 g/mol. The Morgan fingerprint density at radius 1 is 1.44 bits per heavy atom. The fraction of sp³-hybridized carbons (Fsp3) is 0.385. The summed E-state index contributed by atoms with van der Waals surface area (Å²) in [6, 6.07) is 4.66. The summed E-state index contributed by atoms with van der Waals surface area (Å²) in [6.45, 7) is 2.77. The van der Waals surface area contributed by atoms with Gasteiger partial charge >= 0.3 is 0 Å². The molecule has 86 valence electrons. The molecule has 0 saturated heterocycles. The molecule has 1 rings (SSSR count). The van der Waals surface area contributed by atoms with E-state index in [2.05, 4.69) is 11.2 Å². The fourth-order valence-electron chi connectivity index (χ4n) is 1.52. The number of terminal acetylenes is 1. The molecular formula is C13H17NO2. The second-order valence-corrected chi connectivity index (χ2v) is 3.73. The standard InChI is InChI=1S/C13H17NO2/c1-3-4-5-8-14-10(2)12-7-6-11(15)9-13(12)16/h1,6-7,9-10,14-16H,4-5,8H2,2H3. The molecule has 1 aromatic rings. The van der Waals surface area contributed by atoms with Gasteiger partial charge in [-0.2, -0.15) is 0 Å². The lowest BCUT2D eigenvalue weighted by atomic mass is 10.1. The number of unbranched alkanes of at least 4 members (excludes halogenated alkanes) is 1. The predicted octanol–water partition coefficient (Wildman–Crippen LogP) is 2.16. The monoisotopic (exact) mass is 219 g/mol. The van der Waals surface area contributed by atoms with Crippen molar-refractivity contribution in [2.45, 2.75) is 25.8 Å². The molecule has 1 atom stereocenters. The number of hydrogen-bond acceptors (Lipinski definition) is 3. The minimum atomic E-state index is 0.0402. The zero-order valence-corrected chi connectivity index (χ0v) is 9.40. The number of phenolic OH excluding ortho intramolecular Hbond substituents is 2. The largest absolute Gasteiger partial charge is 0.508 e. The summed E-state index contributed by atoms with van der Waals surface area (Å²) >= 11 is 0. The summed E-state index contributed by atoms with van der Waals surface area (Å²) in [5, 5.41) is 22.1. The number of phenols is 2. The van der Waals surface area contributed by atoms with E-state index in [1.165, 1.54) is 6.07 Å². The number of aromatic hydroxyl groups is 2. The zero-order chi connectivity index (χ0) is 12.0. The molecule has 0 heterocycles. The van der Waals surface area contributed by atoms with E-state index in [4.69, 9.17) is 11.5 Å². The molecule has 3 heteroatoms. The zero-order valence-electron chi connectivity index (χ0n) is 9.40. The maximum Gasteiger partial charge on any atom is 0.124 e. The van der Waals surface area contributed by atoms with Crippen molar-refractivity contribution >= 4 is 0 Å². The number of benzene rings is 1. The van der Waals surface area contributed by atoms with Crippen LogP contribution in [0.3, 0.4) is 0 Å². The van der Waals surface area contributed by atoms with E-state index >= 15 is 0 Å². The molecule has 3 nitrogen and oxygen atoms in total. The Morgan fingerprint density at radius 3 is 2.81 bits per heavy atom. The maximum absolute atomic E-state index is 9.63. The van der Waals surface area contributed by atoms with Crippen molar-refractivity contribution in [2.24, 2.45) is 0 Å². The Balaban J connectivity index is 2.53. The molecule has 0 saturated carbocycles. The van der Waals surface area contributed by atoms with Gasteiger partial charge in [0, 0.05) is 24.1 Å². The van der Waals surface area contributed by atoms with Crippen LogP contribution < -0.4 is 5.32 Å². The van der Waals surface area contributed by atoms with Crippen LogP contribution in [-0.2, 0) is 0 Å². The Labute approximate surface area is 96.1 Å². The van der Waals surface area contributed by atoms with Gasteiger partial charge < -0.3 is 15.5 Å². The Morgan fingerprint density at radius 2 is 2.19 bits per heavy atom. The van der Waals surface area contributed by atoms with Gasteiger partial charge in [-0.25, -0.2) is 0 Å². The first-order valence-electron chi connectivity index (χ1n) is 5.34. The summed E-state index contributed by atoms with van der Waals surface area (Å²) in [7, 11) is 0. The lowest BCUT2D eigenvalue weighted by Crippen LogP contribution is -2.19. The molecule has 0 aliphatic rings. The molecule has 0 spiro atoms. The van der Waals surface area contributed by atoms with E-state index < -0.39 is 0 Å². The molecule has 0 fully saturated rings. The number of rotatable bonds is 5. The number of nitrogens with one attached hydrogen (secondary N) is 1. The molecule has 1 unspecified atom stereocenters. The van der Waals surface area contributed by atoms with Crippen molar-refractivity contribution in [3.8, 4) is 23.8 Å². The van der Waals surface area contributed by atoms with Crippen LogP contribution in [0.2, 0.25) is 0 Å². The molecule has 1 aromatic carbocycles. The molecule has 16 heavy (non-hydrogen) atoms. The minimum absolute atomic E-state index is 0.0402. The quantitative estimate of drug-likeness (QED) is 0.525.